The molecule has 0 heterocycles. The third-order valence-corrected chi connectivity index (χ3v) is 2.98. The van der Waals surface area contributed by atoms with E-state index in [-0.39, 0.29) is 17.9 Å². The fraction of sp³-hybridized carbons (Fsp3) is 0.500. The monoisotopic (exact) mass is 233 g/mol. The van der Waals surface area contributed by atoms with E-state index in [0.29, 0.717) is 6.61 Å². The van der Waals surface area contributed by atoms with Crippen molar-refractivity contribution in [3.8, 4) is 5.75 Å². The van der Waals surface area contributed by atoms with Gasteiger partial charge in [0.2, 0.25) is 5.91 Å². The molecule has 1 aromatic rings. The van der Waals surface area contributed by atoms with Gasteiger partial charge >= 0.3 is 0 Å². The summed E-state index contributed by atoms with van der Waals surface area (Å²) < 4.78 is 5.45. The molecular weight excluding hydrogens is 214 g/mol. The Kier molecular flexibility index (Phi) is 3.67. The van der Waals surface area contributed by atoms with Crippen LogP contribution in [0.4, 0.5) is 0 Å². The van der Waals surface area contributed by atoms with E-state index in [2.05, 4.69) is 5.32 Å². The molecule has 0 unspecified atom stereocenters. The minimum Gasteiger partial charge on any atom is -0.494 e. The van der Waals surface area contributed by atoms with Gasteiger partial charge in [0.25, 0.3) is 0 Å². The molecule has 1 amide bonds. The Labute approximate surface area is 102 Å². The standard InChI is InChI=1S/C14H19NO2/c1-3-17-13-6-4-5-12(9-13)10(2)15-14(16)11-7-8-11/h4-6,9-11H,3,7-8H2,1-2H3,(H,15,16)/t10-/m0/s1. The van der Waals surface area contributed by atoms with Gasteiger partial charge in [-0.05, 0) is 44.4 Å². The van der Waals surface area contributed by atoms with Gasteiger partial charge in [-0.25, -0.2) is 0 Å². The summed E-state index contributed by atoms with van der Waals surface area (Å²) in [5.41, 5.74) is 1.09. The van der Waals surface area contributed by atoms with Crippen molar-refractivity contribution in [2.45, 2.75) is 32.7 Å². The van der Waals surface area contributed by atoms with Gasteiger partial charge in [-0.15, -0.1) is 0 Å². The highest BCUT2D eigenvalue weighted by atomic mass is 16.5. The minimum absolute atomic E-state index is 0.0449. The first-order valence-electron chi connectivity index (χ1n) is 6.24. The molecule has 0 saturated heterocycles. The van der Waals surface area contributed by atoms with Gasteiger partial charge in [-0.1, -0.05) is 12.1 Å². The second kappa shape index (κ2) is 5.21. The molecular formula is C14H19NO2. The van der Waals surface area contributed by atoms with Crippen LogP contribution >= 0.6 is 0 Å². The summed E-state index contributed by atoms with van der Waals surface area (Å²) in [6.07, 6.45) is 2.08. The molecule has 1 aromatic carbocycles. The molecule has 0 radical (unpaired) electrons. The summed E-state index contributed by atoms with van der Waals surface area (Å²) in [6, 6.07) is 7.94. The molecule has 0 aliphatic heterocycles. The summed E-state index contributed by atoms with van der Waals surface area (Å²) in [5, 5.41) is 3.03. The fourth-order valence-corrected chi connectivity index (χ4v) is 1.80. The number of benzene rings is 1. The Bertz CT molecular complexity index is 399. The summed E-state index contributed by atoms with van der Waals surface area (Å²) in [6.45, 7) is 4.63. The van der Waals surface area contributed by atoms with Crippen molar-refractivity contribution in [1.29, 1.82) is 0 Å². The van der Waals surface area contributed by atoms with E-state index in [4.69, 9.17) is 4.74 Å². The van der Waals surface area contributed by atoms with Crippen LogP contribution in [0.15, 0.2) is 24.3 Å². The number of carbonyl (C=O) groups excluding carboxylic acids is 1. The smallest absolute Gasteiger partial charge is 0.223 e. The first-order chi connectivity index (χ1) is 8.20. The second-order valence-electron chi connectivity index (χ2n) is 4.51. The van der Waals surface area contributed by atoms with Crippen molar-refractivity contribution < 1.29 is 9.53 Å². The number of ether oxygens (including phenoxy) is 1. The first-order valence-corrected chi connectivity index (χ1v) is 6.24. The summed E-state index contributed by atoms with van der Waals surface area (Å²) in [7, 11) is 0. The van der Waals surface area contributed by atoms with E-state index in [9.17, 15) is 4.79 Å². The van der Waals surface area contributed by atoms with Crippen LogP contribution in [0.2, 0.25) is 0 Å². The van der Waals surface area contributed by atoms with Crippen LogP contribution in [0.1, 0.15) is 38.3 Å². The van der Waals surface area contributed by atoms with Crippen molar-refractivity contribution in [1.82, 2.24) is 5.32 Å². The molecule has 0 aromatic heterocycles. The predicted octanol–water partition coefficient (Wildman–Crippen LogP) is 2.67. The molecule has 1 aliphatic carbocycles. The van der Waals surface area contributed by atoms with Gasteiger partial charge in [-0.3, -0.25) is 4.79 Å². The Morgan fingerprint density at radius 1 is 1.53 bits per heavy atom. The van der Waals surface area contributed by atoms with Gasteiger partial charge < -0.3 is 10.1 Å². The quantitative estimate of drug-likeness (QED) is 0.849. The van der Waals surface area contributed by atoms with E-state index in [0.717, 1.165) is 24.2 Å². The van der Waals surface area contributed by atoms with Crippen molar-refractivity contribution in [2.24, 2.45) is 5.92 Å². The maximum atomic E-state index is 11.7. The van der Waals surface area contributed by atoms with Crippen LogP contribution in [0, 0.1) is 5.92 Å². The van der Waals surface area contributed by atoms with Crippen LogP contribution in [-0.2, 0) is 4.79 Å². The van der Waals surface area contributed by atoms with Crippen LogP contribution in [-0.4, -0.2) is 12.5 Å². The molecule has 3 nitrogen and oxygen atoms in total. The van der Waals surface area contributed by atoms with Gasteiger partial charge in [0.15, 0.2) is 0 Å². The summed E-state index contributed by atoms with van der Waals surface area (Å²) >= 11 is 0. The number of amides is 1. The molecule has 1 N–H and O–H groups in total. The average molecular weight is 233 g/mol. The topological polar surface area (TPSA) is 38.3 Å². The first kappa shape index (κ1) is 12.0. The molecule has 3 heteroatoms. The molecule has 0 bridgehead atoms. The molecule has 1 fully saturated rings. The Morgan fingerprint density at radius 3 is 2.94 bits per heavy atom. The highest BCUT2D eigenvalue weighted by Crippen LogP contribution is 2.30. The lowest BCUT2D eigenvalue weighted by Gasteiger charge is -2.15. The van der Waals surface area contributed by atoms with Crippen LogP contribution in [0.3, 0.4) is 0 Å². The molecule has 92 valence electrons. The largest absolute Gasteiger partial charge is 0.494 e. The van der Waals surface area contributed by atoms with Gasteiger partial charge in [0, 0.05) is 5.92 Å². The summed E-state index contributed by atoms with van der Waals surface area (Å²) in [5.74, 6) is 1.30. The zero-order valence-corrected chi connectivity index (χ0v) is 10.4. The molecule has 2 rings (SSSR count). The number of carbonyl (C=O) groups is 1. The maximum absolute atomic E-state index is 11.7. The van der Waals surface area contributed by atoms with Crippen molar-refractivity contribution in [3.63, 3.8) is 0 Å². The normalized spacial score (nSPS) is 16.4. The number of hydrogen-bond donors (Lipinski definition) is 1. The van der Waals surface area contributed by atoms with Crippen molar-refractivity contribution in [2.75, 3.05) is 6.61 Å². The SMILES string of the molecule is CCOc1cccc([C@H](C)NC(=O)C2CC2)c1. The molecule has 1 saturated carbocycles. The van der Waals surface area contributed by atoms with E-state index < -0.39 is 0 Å². The lowest BCUT2D eigenvalue weighted by Crippen LogP contribution is -2.27. The third-order valence-electron chi connectivity index (χ3n) is 2.98. The highest BCUT2D eigenvalue weighted by molar-refractivity contribution is 5.81. The zero-order valence-electron chi connectivity index (χ0n) is 10.4. The van der Waals surface area contributed by atoms with E-state index in [1.54, 1.807) is 0 Å². The Morgan fingerprint density at radius 2 is 2.29 bits per heavy atom. The van der Waals surface area contributed by atoms with Crippen molar-refractivity contribution >= 4 is 5.91 Å². The predicted molar refractivity (Wildman–Crippen MR) is 66.9 cm³/mol. The highest BCUT2D eigenvalue weighted by Gasteiger charge is 2.30. The van der Waals surface area contributed by atoms with Crippen LogP contribution in [0.25, 0.3) is 0 Å². The summed E-state index contributed by atoms with van der Waals surface area (Å²) in [4.78, 5) is 11.7. The number of rotatable bonds is 5. The lowest BCUT2D eigenvalue weighted by molar-refractivity contribution is -0.122. The van der Waals surface area contributed by atoms with Gasteiger partial charge in [0.05, 0.1) is 12.6 Å². The lowest BCUT2D eigenvalue weighted by atomic mass is 10.1. The number of nitrogens with one attached hydrogen (secondary N) is 1. The Hall–Kier alpha value is -1.51. The van der Waals surface area contributed by atoms with Crippen molar-refractivity contribution in [3.05, 3.63) is 29.8 Å². The van der Waals surface area contributed by atoms with E-state index in [1.807, 2.05) is 38.1 Å². The van der Waals surface area contributed by atoms with Gasteiger partial charge in [-0.2, -0.15) is 0 Å². The van der Waals surface area contributed by atoms with Gasteiger partial charge in [0.1, 0.15) is 5.75 Å². The van der Waals surface area contributed by atoms with E-state index >= 15 is 0 Å². The molecule has 0 spiro atoms. The number of hydrogen-bond acceptors (Lipinski definition) is 2. The fourth-order valence-electron chi connectivity index (χ4n) is 1.80. The zero-order chi connectivity index (χ0) is 12.3. The maximum Gasteiger partial charge on any atom is 0.223 e. The molecule has 17 heavy (non-hydrogen) atoms. The Balaban J connectivity index is 1.99. The average Bonchev–Trinajstić information content (AvgIpc) is 3.13. The molecule has 1 atom stereocenters. The second-order valence-corrected chi connectivity index (χ2v) is 4.51. The van der Waals surface area contributed by atoms with E-state index in [1.165, 1.54) is 0 Å². The van der Waals surface area contributed by atoms with Crippen LogP contribution in [0.5, 0.6) is 5.75 Å². The third kappa shape index (κ3) is 3.22. The molecule has 1 aliphatic rings. The van der Waals surface area contributed by atoms with Crippen LogP contribution < -0.4 is 10.1 Å². The minimum atomic E-state index is 0.0449.